The zero-order valence-corrected chi connectivity index (χ0v) is 15.9. The van der Waals surface area contributed by atoms with Crippen LogP contribution in [-0.2, 0) is 15.1 Å². The van der Waals surface area contributed by atoms with Gasteiger partial charge in [0.1, 0.15) is 5.82 Å². The Hall–Kier alpha value is -3.09. The lowest BCUT2D eigenvalue weighted by Crippen LogP contribution is -2.49. The maximum absolute atomic E-state index is 13.1. The number of carbonyl (C=O) groups is 2. The van der Waals surface area contributed by atoms with E-state index in [1.807, 2.05) is 19.1 Å². The first-order valence-corrected chi connectivity index (χ1v) is 9.02. The molecule has 6 nitrogen and oxygen atoms in total. The first kappa shape index (κ1) is 21.2. The van der Waals surface area contributed by atoms with Crippen LogP contribution in [0.25, 0.3) is 0 Å². The average molecular weight is 389 g/mol. The summed E-state index contributed by atoms with van der Waals surface area (Å²) in [5.74, 6) is -0.923. The van der Waals surface area contributed by atoms with Crippen LogP contribution in [0.2, 0.25) is 0 Å². The molecular weight excluding hydrogens is 365 g/mol. The fourth-order valence-corrected chi connectivity index (χ4v) is 2.63. The monoisotopic (exact) mass is 389 g/mol. The summed E-state index contributed by atoms with van der Waals surface area (Å²) in [6.45, 7) is 4.04. The highest BCUT2D eigenvalue weighted by Gasteiger charge is 2.36. The van der Waals surface area contributed by atoms with Crippen LogP contribution in [0.3, 0.4) is 0 Å². The highest BCUT2D eigenvalue weighted by molar-refractivity contribution is 5.87. The van der Waals surface area contributed by atoms with Crippen molar-refractivity contribution >= 4 is 11.9 Å². The Bertz CT molecular complexity index is 809. The number of ether oxygens (including phenoxy) is 2. The Balaban J connectivity index is 1.90. The number of carboxylic acids is 1. The molecule has 0 aromatic heterocycles. The van der Waals surface area contributed by atoms with Gasteiger partial charge in [-0.1, -0.05) is 24.3 Å². The molecule has 1 amide bonds. The van der Waals surface area contributed by atoms with Gasteiger partial charge >= 0.3 is 5.97 Å². The molecule has 0 radical (unpaired) electrons. The quantitative estimate of drug-likeness (QED) is 0.608. The smallest absolute Gasteiger partial charge is 0.333 e. The third-order valence-corrected chi connectivity index (χ3v) is 4.19. The Labute approximate surface area is 163 Å². The van der Waals surface area contributed by atoms with Crippen LogP contribution in [0.15, 0.2) is 48.5 Å². The van der Waals surface area contributed by atoms with E-state index in [1.165, 1.54) is 19.1 Å². The molecule has 0 saturated carbocycles. The van der Waals surface area contributed by atoms with E-state index in [2.05, 4.69) is 5.32 Å². The number of nitrogens with one attached hydrogen (secondary N) is 1. The molecule has 0 aliphatic rings. The maximum Gasteiger partial charge on any atom is 0.333 e. The number of hydrogen-bond acceptors (Lipinski definition) is 4. The zero-order chi connectivity index (χ0) is 20.6. The molecule has 2 aromatic carbocycles. The number of rotatable bonds is 10. The van der Waals surface area contributed by atoms with E-state index < -0.39 is 23.2 Å². The number of amides is 1. The lowest BCUT2D eigenvalue weighted by Gasteiger charge is -2.27. The van der Waals surface area contributed by atoms with Crippen LogP contribution in [0.4, 0.5) is 4.39 Å². The molecule has 150 valence electrons. The minimum absolute atomic E-state index is 0.0842. The molecule has 2 aromatic rings. The van der Waals surface area contributed by atoms with Gasteiger partial charge in [-0.3, -0.25) is 4.79 Å². The van der Waals surface area contributed by atoms with E-state index in [-0.39, 0.29) is 18.6 Å². The molecule has 0 aliphatic heterocycles. The number of para-hydroxylation sites is 2. The Kier molecular flexibility index (Phi) is 7.37. The zero-order valence-electron chi connectivity index (χ0n) is 15.9. The van der Waals surface area contributed by atoms with Gasteiger partial charge in [0.05, 0.1) is 13.2 Å². The summed E-state index contributed by atoms with van der Waals surface area (Å²) < 4.78 is 24.2. The standard InChI is InChI=1S/C21H24FNO5/c1-3-27-17-7-4-5-8-18(17)28-14-6-9-19(24)23-21(2,20(25)26)15-10-12-16(22)13-11-15/h4-5,7-8,10-13H,3,6,9,14H2,1-2H3,(H,23,24)(H,25,26). The highest BCUT2D eigenvalue weighted by Crippen LogP contribution is 2.26. The number of halogens is 1. The third kappa shape index (κ3) is 5.45. The van der Waals surface area contributed by atoms with Gasteiger partial charge in [0.2, 0.25) is 5.91 Å². The average Bonchev–Trinajstić information content (AvgIpc) is 2.67. The molecule has 1 unspecified atom stereocenters. The fourth-order valence-electron chi connectivity index (χ4n) is 2.63. The molecule has 2 N–H and O–H groups in total. The molecule has 0 bridgehead atoms. The predicted octanol–water partition coefficient (Wildman–Crippen LogP) is 3.50. The lowest BCUT2D eigenvalue weighted by atomic mass is 9.91. The van der Waals surface area contributed by atoms with Crippen molar-refractivity contribution in [3.05, 3.63) is 59.9 Å². The Morgan fingerprint density at radius 2 is 1.68 bits per heavy atom. The lowest BCUT2D eigenvalue weighted by molar-refractivity contribution is -0.147. The molecular formula is C21H24FNO5. The van der Waals surface area contributed by atoms with Gasteiger partial charge in [-0.15, -0.1) is 0 Å². The van der Waals surface area contributed by atoms with Gasteiger partial charge < -0.3 is 19.9 Å². The second kappa shape index (κ2) is 9.73. The second-order valence-electron chi connectivity index (χ2n) is 6.32. The van der Waals surface area contributed by atoms with Crippen LogP contribution in [0, 0.1) is 5.82 Å². The van der Waals surface area contributed by atoms with Gasteiger partial charge in [0.15, 0.2) is 17.0 Å². The maximum atomic E-state index is 13.1. The minimum Gasteiger partial charge on any atom is -0.490 e. The molecule has 1 atom stereocenters. The largest absolute Gasteiger partial charge is 0.490 e. The van der Waals surface area contributed by atoms with Crippen molar-refractivity contribution in [2.45, 2.75) is 32.2 Å². The van der Waals surface area contributed by atoms with E-state index in [1.54, 1.807) is 12.1 Å². The van der Waals surface area contributed by atoms with Crippen molar-refractivity contribution in [2.75, 3.05) is 13.2 Å². The number of carboxylic acid groups (broad SMARTS) is 1. The van der Waals surface area contributed by atoms with Gasteiger partial charge in [0.25, 0.3) is 0 Å². The summed E-state index contributed by atoms with van der Waals surface area (Å²) in [4.78, 5) is 24.0. The van der Waals surface area contributed by atoms with Gasteiger partial charge in [-0.05, 0) is 50.1 Å². The summed E-state index contributed by atoms with van der Waals surface area (Å²) in [6.07, 6.45) is 0.478. The molecule has 28 heavy (non-hydrogen) atoms. The van der Waals surface area contributed by atoms with E-state index in [0.29, 0.717) is 24.5 Å². The number of benzene rings is 2. The van der Waals surface area contributed by atoms with Crippen LogP contribution in [0.5, 0.6) is 11.5 Å². The topological polar surface area (TPSA) is 84.9 Å². The minimum atomic E-state index is -1.65. The molecule has 0 saturated heterocycles. The highest BCUT2D eigenvalue weighted by atomic mass is 19.1. The van der Waals surface area contributed by atoms with Crippen molar-refractivity contribution in [1.29, 1.82) is 0 Å². The van der Waals surface area contributed by atoms with E-state index in [0.717, 1.165) is 12.1 Å². The van der Waals surface area contributed by atoms with Gasteiger partial charge in [0, 0.05) is 6.42 Å². The third-order valence-electron chi connectivity index (χ3n) is 4.19. The SMILES string of the molecule is CCOc1ccccc1OCCCC(=O)NC(C)(C(=O)O)c1ccc(F)cc1. The fraction of sp³-hybridized carbons (Fsp3) is 0.333. The van der Waals surface area contributed by atoms with Crippen molar-refractivity contribution in [2.24, 2.45) is 0 Å². The molecule has 0 aliphatic carbocycles. The van der Waals surface area contributed by atoms with Gasteiger partial charge in [-0.25, -0.2) is 9.18 Å². The normalized spacial score (nSPS) is 12.7. The van der Waals surface area contributed by atoms with E-state index in [4.69, 9.17) is 9.47 Å². The molecule has 0 heterocycles. The molecule has 0 spiro atoms. The number of carbonyl (C=O) groups excluding carboxylic acids is 1. The molecule has 0 fully saturated rings. The molecule has 7 heteroatoms. The van der Waals surface area contributed by atoms with E-state index >= 15 is 0 Å². The summed E-state index contributed by atoms with van der Waals surface area (Å²) in [5.41, 5.74) is -1.36. The number of hydrogen-bond donors (Lipinski definition) is 2. The van der Waals surface area contributed by atoms with Crippen molar-refractivity contribution in [1.82, 2.24) is 5.32 Å². The van der Waals surface area contributed by atoms with Crippen LogP contribution in [0.1, 0.15) is 32.3 Å². The van der Waals surface area contributed by atoms with Crippen LogP contribution in [-0.4, -0.2) is 30.2 Å². The van der Waals surface area contributed by atoms with Gasteiger partial charge in [-0.2, -0.15) is 0 Å². The summed E-state index contributed by atoms with van der Waals surface area (Å²) in [5, 5.41) is 12.1. The van der Waals surface area contributed by atoms with Crippen LogP contribution >= 0.6 is 0 Å². The summed E-state index contributed by atoms with van der Waals surface area (Å²) >= 11 is 0. The number of aliphatic carboxylic acids is 1. The Morgan fingerprint density at radius 1 is 1.07 bits per heavy atom. The summed E-state index contributed by atoms with van der Waals surface area (Å²) in [7, 11) is 0. The van der Waals surface area contributed by atoms with Crippen molar-refractivity contribution < 1.29 is 28.6 Å². The molecule has 2 rings (SSSR count). The first-order chi connectivity index (χ1) is 13.4. The van der Waals surface area contributed by atoms with E-state index in [9.17, 15) is 19.1 Å². The van der Waals surface area contributed by atoms with Crippen LogP contribution < -0.4 is 14.8 Å². The Morgan fingerprint density at radius 3 is 2.25 bits per heavy atom. The first-order valence-electron chi connectivity index (χ1n) is 9.02. The van der Waals surface area contributed by atoms with Crippen molar-refractivity contribution in [3.63, 3.8) is 0 Å². The summed E-state index contributed by atoms with van der Waals surface area (Å²) in [6, 6.07) is 12.3. The predicted molar refractivity (Wildman–Crippen MR) is 102 cm³/mol. The second-order valence-corrected chi connectivity index (χ2v) is 6.32. The van der Waals surface area contributed by atoms with Crippen molar-refractivity contribution in [3.8, 4) is 11.5 Å².